The summed E-state index contributed by atoms with van der Waals surface area (Å²) >= 11 is 0. The molecule has 21 heavy (non-hydrogen) atoms. The minimum atomic E-state index is 0.224. The Bertz CT molecular complexity index is 455. The minimum Gasteiger partial charge on any atom is -0.371 e. The third-order valence-electron chi connectivity index (χ3n) is 4.09. The number of hydrogen-bond donors (Lipinski definition) is 1. The summed E-state index contributed by atoms with van der Waals surface area (Å²) in [6, 6.07) is 8.48. The van der Waals surface area contributed by atoms with Crippen molar-refractivity contribution in [1.82, 2.24) is 10.2 Å². The molecule has 1 aromatic carbocycles. The highest BCUT2D eigenvalue weighted by Gasteiger charge is 2.17. The maximum absolute atomic E-state index is 12.1. The standard InChI is InChI=1S/C17H27N3O/c1-18-11-7-10-17(21)19(2)14-15-8-3-4-9-16(15)20-12-5-6-13-20/h3-4,8-9,18H,5-7,10-14H2,1-2H3. The van der Waals surface area contributed by atoms with Crippen molar-refractivity contribution in [1.29, 1.82) is 0 Å². The van der Waals surface area contributed by atoms with Crippen LogP contribution >= 0.6 is 0 Å². The molecular formula is C17H27N3O. The molecule has 0 radical (unpaired) electrons. The van der Waals surface area contributed by atoms with E-state index in [1.807, 2.05) is 19.0 Å². The first kappa shape index (κ1) is 15.8. The van der Waals surface area contributed by atoms with E-state index in [4.69, 9.17) is 0 Å². The van der Waals surface area contributed by atoms with Crippen molar-refractivity contribution >= 4 is 11.6 Å². The van der Waals surface area contributed by atoms with Crippen LogP contribution in [0.2, 0.25) is 0 Å². The predicted octanol–water partition coefficient (Wildman–Crippen LogP) is 2.24. The lowest BCUT2D eigenvalue weighted by atomic mass is 10.1. The van der Waals surface area contributed by atoms with E-state index < -0.39 is 0 Å². The molecule has 4 heteroatoms. The van der Waals surface area contributed by atoms with E-state index in [0.29, 0.717) is 13.0 Å². The van der Waals surface area contributed by atoms with Crippen molar-refractivity contribution in [3.63, 3.8) is 0 Å². The second-order valence-electron chi connectivity index (χ2n) is 5.78. The van der Waals surface area contributed by atoms with Crippen molar-refractivity contribution in [3.05, 3.63) is 29.8 Å². The monoisotopic (exact) mass is 289 g/mol. The zero-order valence-corrected chi connectivity index (χ0v) is 13.3. The van der Waals surface area contributed by atoms with E-state index in [1.165, 1.54) is 24.1 Å². The van der Waals surface area contributed by atoms with Crippen LogP contribution in [0.15, 0.2) is 24.3 Å². The van der Waals surface area contributed by atoms with Crippen LogP contribution in [0, 0.1) is 0 Å². The molecule has 0 aromatic heterocycles. The molecule has 0 spiro atoms. The normalized spacial score (nSPS) is 14.5. The molecular weight excluding hydrogens is 262 g/mol. The van der Waals surface area contributed by atoms with Crippen LogP contribution in [0.5, 0.6) is 0 Å². The van der Waals surface area contributed by atoms with Crippen molar-refractivity contribution in [3.8, 4) is 0 Å². The second kappa shape index (κ2) is 8.03. The number of nitrogens with one attached hydrogen (secondary N) is 1. The van der Waals surface area contributed by atoms with Gasteiger partial charge in [0.05, 0.1) is 0 Å². The molecule has 2 rings (SSSR count). The second-order valence-corrected chi connectivity index (χ2v) is 5.78. The number of hydrogen-bond acceptors (Lipinski definition) is 3. The first-order chi connectivity index (χ1) is 10.2. The molecule has 1 aliphatic rings. The molecule has 1 amide bonds. The van der Waals surface area contributed by atoms with Gasteiger partial charge in [-0.15, -0.1) is 0 Å². The molecule has 1 heterocycles. The summed E-state index contributed by atoms with van der Waals surface area (Å²) < 4.78 is 0. The lowest BCUT2D eigenvalue weighted by Gasteiger charge is -2.24. The highest BCUT2D eigenvalue weighted by molar-refractivity contribution is 5.76. The van der Waals surface area contributed by atoms with Crippen molar-refractivity contribution in [2.75, 3.05) is 38.6 Å². The minimum absolute atomic E-state index is 0.224. The summed E-state index contributed by atoms with van der Waals surface area (Å²) in [5, 5.41) is 3.08. The molecule has 1 N–H and O–H groups in total. The molecule has 4 nitrogen and oxygen atoms in total. The average Bonchev–Trinajstić information content (AvgIpc) is 3.02. The van der Waals surface area contributed by atoms with Crippen LogP contribution in [-0.4, -0.2) is 44.5 Å². The van der Waals surface area contributed by atoms with Crippen LogP contribution in [-0.2, 0) is 11.3 Å². The van der Waals surface area contributed by atoms with Gasteiger partial charge in [-0.3, -0.25) is 4.79 Å². The fourth-order valence-electron chi connectivity index (χ4n) is 2.86. The largest absolute Gasteiger partial charge is 0.371 e. The predicted molar refractivity (Wildman–Crippen MR) is 87.5 cm³/mol. The summed E-state index contributed by atoms with van der Waals surface area (Å²) in [6.45, 7) is 3.86. The average molecular weight is 289 g/mol. The molecule has 1 fully saturated rings. The lowest BCUT2D eigenvalue weighted by Crippen LogP contribution is -2.28. The van der Waals surface area contributed by atoms with Gasteiger partial charge in [-0.1, -0.05) is 18.2 Å². The molecule has 0 saturated carbocycles. The van der Waals surface area contributed by atoms with Gasteiger partial charge in [0.25, 0.3) is 0 Å². The van der Waals surface area contributed by atoms with Crippen LogP contribution < -0.4 is 10.2 Å². The number of carbonyl (C=O) groups excluding carboxylic acids is 1. The third kappa shape index (κ3) is 4.46. The zero-order chi connectivity index (χ0) is 15.1. The number of benzene rings is 1. The van der Waals surface area contributed by atoms with E-state index in [-0.39, 0.29) is 5.91 Å². The van der Waals surface area contributed by atoms with Crippen LogP contribution in [0.1, 0.15) is 31.2 Å². The quantitative estimate of drug-likeness (QED) is 0.782. The molecule has 0 atom stereocenters. The Labute approximate surface area is 128 Å². The number of nitrogens with zero attached hydrogens (tertiary/aromatic N) is 2. The Morgan fingerprint density at radius 2 is 2.00 bits per heavy atom. The van der Waals surface area contributed by atoms with Gasteiger partial charge in [-0.25, -0.2) is 0 Å². The van der Waals surface area contributed by atoms with Gasteiger partial charge in [-0.2, -0.15) is 0 Å². The van der Waals surface area contributed by atoms with Crippen molar-refractivity contribution < 1.29 is 4.79 Å². The Balaban J connectivity index is 1.96. The summed E-state index contributed by atoms with van der Waals surface area (Å²) in [6.07, 6.45) is 4.05. The number of carbonyl (C=O) groups is 1. The number of para-hydroxylation sites is 1. The molecule has 1 aliphatic heterocycles. The van der Waals surface area contributed by atoms with E-state index in [2.05, 4.69) is 34.5 Å². The van der Waals surface area contributed by atoms with Gasteiger partial charge in [0.15, 0.2) is 0 Å². The Morgan fingerprint density at radius 1 is 1.29 bits per heavy atom. The third-order valence-corrected chi connectivity index (χ3v) is 4.09. The Hall–Kier alpha value is -1.55. The van der Waals surface area contributed by atoms with Crippen LogP contribution in [0.3, 0.4) is 0 Å². The van der Waals surface area contributed by atoms with Gasteiger partial charge in [-0.05, 0) is 44.5 Å². The SMILES string of the molecule is CNCCCC(=O)N(C)Cc1ccccc1N1CCCC1. The highest BCUT2D eigenvalue weighted by atomic mass is 16.2. The van der Waals surface area contributed by atoms with Gasteiger partial charge in [0, 0.05) is 38.8 Å². The molecule has 0 unspecified atom stereocenters. The van der Waals surface area contributed by atoms with Crippen molar-refractivity contribution in [2.45, 2.75) is 32.2 Å². The summed E-state index contributed by atoms with van der Waals surface area (Å²) in [4.78, 5) is 16.4. The summed E-state index contributed by atoms with van der Waals surface area (Å²) in [5.41, 5.74) is 2.55. The van der Waals surface area contributed by atoms with E-state index in [1.54, 1.807) is 0 Å². The van der Waals surface area contributed by atoms with Gasteiger partial charge in [0.1, 0.15) is 0 Å². The first-order valence-electron chi connectivity index (χ1n) is 7.94. The smallest absolute Gasteiger partial charge is 0.222 e. The number of amides is 1. The Kier molecular flexibility index (Phi) is 6.05. The zero-order valence-electron chi connectivity index (χ0n) is 13.3. The Morgan fingerprint density at radius 3 is 2.71 bits per heavy atom. The molecule has 0 aliphatic carbocycles. The molecule has 0 bridgehead atoms. The van der Waals surface area contributed by atoms with Gasteiger partial charge < -0.3 is 15.1 Å². The van der Waals surface area contributed by atoms with E-state index in [0.717, 1.165) is 26.1 Å². The van der Waals surface area contributed by atoms with Gasteiger partial charge >= 0.3 is 0 Å². The van der Waals surface area contributed by atoms with Crippen LogP contribution in [0.4, 0.5) is 5.69 Å². The van der Waals surface area contributed by atoms with Gasteiger partial charge in [0.2, 0.25) is 5.91 Å². The maximum Gasteiger partial charge on any atom is 0.222 e. The molecule has 1 saturated heterocycles. The fraction of sp³-hybridized carbons (Fsp3) is 0.588. The maximum atomic E-state index is 12.1. The first-order valence-corrected chi connectivity index (χ1v) is 7.94. The lowest BCUT2D eigenvalue weighted by molar-refractivity contribution is -0.130. The fourth-order valence-corrected chi connectivity index (χ4v) is 2.86. The van der Waals surface area contributed by atoms with Crippen molar-refractivity contribution in [2.24, 2.45) is 0 Å². The highest BCUT2D eigenvalue weighted by Crippen LogP contribution is 2.25. The van der Waals surface area contributed by atoms with E-state index in [9.17, 15) is 4.79 Å². The summed E-state index contributed by atoms with van der Waals surface area (Å²) in [7, 11) is 3.82. The topological polar surface area (TPSA) is 35.6 Å². The number of rotatable bonds is 7. The summed E-state index contributed by atoms with van der Waals surface area (Å²) in [5.74, 6) is 0.224. The van der Waals surface area contributed by atoms with E-state index >= 15 is 0 Å². The van der Waals surface area contributed by atoms with Crippen LogP contribution in [0.25, 0.3) is 0 Å². The molecule has 116 valence electrons. The number of anilines is 1. The molecule has 1 aromatic rings.